The molecular weight excluding hydrogens is 575 g/mol. The number of fused-ring (bicyclic) bond motifs is 1. The third kappa shape index (κ3) is 6.04. The summed E-state index contributed by atoms with van der Waals surface area (Å²) in [4.78, 5) is 4.40. The van der Waals surface area contributed by atoms with Gasteiger partial charge in [-0.3, -0.25) is 0 Å². The summed E-state index contributed by atoms with van der Waals surface area (Å²) in [5.41, 5.74) is 1.84. The molecule has 0 bridgehead atoms. The van der Waals surface area contributed by atoms with Crippen molar-refractivity contribution in [3.8, 4) is 17.0 Å². The third-order valence-corrected chi connectivity index (χ3v) is 7.04. The van der Waals surface area contributed by atoms with Gasteiger partial charge in [0.15, 0.2) is 5.65 Å². The Morgan fingerprint density at radius 2 is 1.80 bits per heavy atom. The molecule has 0 spiro atoms. The second-order valence-corrected chi connectivity index (χ2v) is 10.1. The van der Waals surface area contributed by atoms with Gasteiger partial charge in [-0.15, -0.1) is 13.2 Å². The van der Waals surface area contributed by atoms with E-state index in [4.69, 9.17) is 11.6 Å². The van der Waals surface area contributed by atoms with E-state index < -0.39 is 22.1 Å². The van der Waals surface area contributed by atoms with Crippen molar-refractivity contribution in [1.82, 2.24) is 19.3 Å². The largest absolute Gasteiger partial charge is 0.573 e. The summed E-state index contributed by atoms with van der Waals surface area (Å²) >= 11 is 9.73. The molecule has 14 heteroatoms. The molecule has 4 rings (SSSR count). The normalized spacial score (nSPS) is 12.1. The smallest absolute Gasteiger partial charge is 0.406 e. The first-order valence-electron chi connectivity index (χ1n) is 9.92. The lowest BCUT2D eigenvalue weighted by Gasteiger charge is -2.13. The molecule has 35 heavy (non-hydrogen) atoms. The Balaban J connectivity index is 1.46. The second kappa shape index (κ2) is 10.0. The van der Waals surface area contributed by atoms with Gasteiger partial charge in [0, 0.05) is 29.7 Å². The molecule has 2 heterocycles. The van der Waals surface area contributed by atoms with E-state index in [9.17, 15) is 21.6 Å². The number of nitrogens with zero attached hydrogens (tertiary/aromatic N) is 3. The van der Waals surface area contributed by atoms with Crippen molar-refractivity contribution in [2.24, 2.45) is 0 Å². The van der Waals surface area contributed by atoms with E-state index >= 15 is 0 Å². The molecule has 0 atom stereocenters. The zero-order chi connectivity index (χ0) is 25.2. The molecule has 0 unspecified atom stereocenters. The van der Waals surface area contributed by atoms with Gasteiger partial charge in [-0.2, -0.15) is 9.61 Å². The topological polar surface area (TPSA) is 97.6 Å². The Kier molecular flexibility index (Phi) is 7.22. The van der Waals surface area contributed by atoms with Gasteiger partial charge < -0.3 is 10.1 Å². The first-order chi connectivity index (χ1) is 16.5. The van der Waals surface area contributed by atoms with Crippen LogP contribution < -0.4 is 14.8 Å². The maximum absolute atomic E-state index is 12.5. The second-order valence-electron chi connectivity index (χ2n) is 7.08. The molecule has 2 N–H and O–H groups in total. The summed E-state index contributed by atoms with van der Waals surface area (Å²) in [5.74, 6) is 0.0306. The van der Waals surface area contributed by atoms with Crippen molar-refractivity contribution >= 4 is 49.0 Å². The molecule has 8 nitrogen and oxygen atoms in total. The monoisotopic (exact) mass is 589 g/mol. The van der Waals surface area contributed by atoms with Crippen molar-refractivity contribution in [2.75, 3.05) is 18.4 Å². The number of nitrogens with one attached hydrogen (secondary N) is 2. The van der Waals surface area contributed by atoms with Crippen LogP contribution in [0.15, 0.2) is 70.2 Å². The van der Waals surface area contributed by atoms with Gasteiger partial charge in [-0.25, -0.2) is 18.1 Å². The van der Waals surface area contributed by atoms with Crippen LogP contribution in [0.25, 0.3) is 16.9 Å². The molecule has 0 amide bonds. The summed E-state index contributed by atoms with van der Waals surface area (Å²) in [6.45, 7) is 0.157. The quantitative estimate of drug-likeness (QED) is 0.277. The Bertz CT molecular complexity index is 1460. The van der Waals surface area contributed by atoms with Crippen molar-refractivity contribution in [3.63, 3.8) is 0 Å². The fourth-order valence-electron chi connectivity index (χ4n) is 3.15. The van der Waals surface area contributed by atoms with Crippen LogP contribution >= 0.6 is 27.5 Å². The van der Waals surface area contributed by atoms with E-state index in [1.54, 1.807) is 28.9 Å². The third-order valence-electron chi connectivity index (χ3n) is 4.67. The molecular formula is C21H16BrClF3N5O3S. The van der Waals surface area contributed by atoms with Gasteiger partial charge >= 0.3 is 6.36 Å². The van der Waals surface area contributed by atoms with Gasteiger partial charge in [-0.1, -0.05) is 29.8 Å². The molecule has 2 aromatic carbocycles. The minimum absolute atomic E-state index is 0.0170. The van der Waals surface area contributed by atoms with Crippen molar-refractivity contribution in [1.29, 1.82) is 0 Å². The Morgan fingerprint density at radius 3 is 2.49 bits per heavy atom. The lowest BCUT2D eigenvalue weighted by Crippen LogP contribution is -2.29. The fourth-order valence-corrected chi connectivity index (χ4v) is 4.76. The molecule has 0 aliphatic carbocycles. The lowest BCUT2D eigenvalue weighted by molar-refractivity contribution is -0.274. The maximum atomic E-state index is 12.5. The Labute approximate surface area is 211 Å². The molecule has 0 aliphatic rings. The highest BCUT2D eigenvalue weighted by Gasteiger charge is 2.31. The summed E-state index contributed by atoms with van der Waals surface area (Å²) in [7, 11) is -3.96. The van der Waals surface area contributed by atoms with Gasteiger partial charge in [0.05, 0.1) is 21.3 Å². The SMILES string of the molecule is O=S(=O)(NCCNc1cc(-c2ccccc2Cl)nc2c(Br)cnn12)c1ccc(OC(F)(F)F)cc1. The van der Waals surface area contributed by atoms with Crippen LogP contribution in [0.3, 0.4) is 0 Å². The summed E-state index contributed by atoms with van der Waals surface area (Å²) in [6, 6.07) is 12.9. The lowest BCUT2D eigenvalue weighted by atomic mass is 10.1. The molecule has 0 radical (unpaired) electrons. The average molecular weight is 591 g/mol. The van der Waals surface area contributed by atoms with Crippen molar-refractivity contribution in [3.05, 3.63) is 70.3 Å². The van der Waals surface area contributed by atoms with E-state index in [1.165, 1.54) is 0 Å². The van der Waals surface area contributed by atoms with Crippen molar-refractivity contribution in [2.45, 2.75) is 11.3 Å². The zero-order valence-electron chi connectivity index (χ0n) is 17.6. The number of benzene rings is 2. The van der Waals surface area contributed by atoms with Crippen LogP contribution in [0.4, 0.5) is 19.0 Å². The standard InChI is InChI=1S/C21H16BrClF3N5O3S/c22-16-12-28-31-19(11-18(30-20(16)31)15-3-1-2-4-17(15)23)27-9-10-29-35(32,33)14-7-5-13(6-8-14)34-21(24,25)26/h1-8,11-12,27,29H,9-10H2. The van der Waals surface area contributed by atoms with Crippen LogP contribution in [0.5, 0.6) is 5.75 Å². The van der Waals surface area contributed by atoms with Gasteiger partial charge in [0.1, 0.15) is 11.6 Å². The number of alkyl halides is 3. The number of ether oxygens (including phenoxy) is 1. The van der Waals surface area contributed by atoms with Crippen LogP contribution in [-0.4, -0.2) is 42.5 Å². The predicted octanol–water partition coefficient (Wildman–Crippen LogP) is 5.10. The number of sulfonamides is 1. The van der Waals surface area contributed by atoms with Crippen LogP contribution in [-0.2, 0) is 10.0 Å². The number of hydrogen-bond acceptors (Lipinski definition) is 6. The Hall–Kier alpha value is -2.87. The summed E-state index contributed by atoms with van der Waals surface area (Å²) in [5, 5.41) is 7.90. The van der Waals surface area contributed by atoms with Gasteiger partial charge in [-0.05, 0) is 46.3 Å². The molecule has 0 saturated carbocycles. The van der Waals surface area contributed by atoms with Crippen LogP contribution in [0, 0.1) is 0 Å². The summed E-state index contributed by atoms with van der Waals surface area (Å²) in [6.07, 6.45) is -3.28. The van der Waals surface area contributed by atoms with Crippen LogP contribution in [0.2, 0.25) is 5.02 Å². The van der Waals surface area contributed by atoms with E-state index in [2.05, 4.69) is 40.8 Å². The van der Waals surface area contributed by atoms with Gasteiger partial charge in [0.25, 0.3) is 0 Å². The fraction of sp³-hybridized carbons (Fsp3) is 0.143. The molecule has 4 aromatic rings. The number of hydrogen-bond donors (Lipinski definition) is 2. The van der Waals surface area contributed by atoms with E-state index in [-0.39, 0.29) is 18.0 Å². The highest BCUT2D eigenvalue weighted by Crippen LogP contribution is 2.30. The van der Waals surface area contributed by atoms with E-state index in [0.717, 1.165) is 24.3 Å². The number of halogens is 5. The molecule has 184 valence electrons. The maximum Gasteiger partial charge on any atom is 0.573 e. The van der Waals surface area contributed by atoms with Crippen molar-refractivity contribution < 1.29 is 26.3 Å². The Morgan fingerprint density at radius 1 is 1.09 bits per heavy atom. The number of aromatic nitrogens is 3. The van der Waals surface area contributed by atoms with E-state index in [0.29, 0.717) is 32.2 Å². The molecule has 0 fully saturated rings. The zero-order valence-corrected chi connectivity index (χ0v) is 20.7. The average Bonchev–Trinajstić information content (AvgIpc) is 3.17. The number of rotatable bonds is 8. The van der Waals surface area contributed by atoms with Gasteiger partial charge in [0.2, 0.25) is 10.0 Å². The minimum atomic E-state index is -4.86. The highest BCUT2D eigenvalue weighted by molar-refractivity contribution is 9.10. The minimum Gasteiger partial charge on any atom is -0.406 e. The molecule has 2 aromatic heterocycles. The molecule has 0 aliphatic heterocycles. The predicted molar refractivity (Wildman–Crippen MR) is 128 cm³/mol. The number of anilines is 1. The van der Waals surface area contributed by atoms with E-state index in [1.807, 2.05) is 12.1 Å². The summed E-state index contributed by atoms with van der Waals surface area (Å²) < 4.78 is 70.2. The van der Waals surface area contributed by atoms with Crippen LogP contribution in [0.1, 0.15) is 0 Å². The molecule has 0 saturated heterocycles. The first kappa shape index (κ1) is 25.2. The first-order valence-corrected chi connectivity index (χ1v) is 12.6. The highest BCUT2D eigenvalue weighted by atomic mass is 79.9.